The van der Waals surface area contributed by atoms with E-state index in [-0.39, 0.29) is 5.41 Å². The van der Waals surface area contributed by atoms with E-state index in [4.69, 9.17) is 4.42 Å². The third-order valence-electron chi connectivity index (χ3n) is 14.2. The van der Waals surface area contributed by atoms with Crippen LogP contribution in [-0.2, 0) is 10.8 Å². The van der Waals surface area contributed by atoms with Gasteiger partial charge in [-0.2, -0.15) is 0 Å². The Hall–Kier alpha value is -8.12. The van der Waals surface area contributed by atoms with E-state index < -0.39 is 5.41 Å². The number of terminal acetylenes is 1. The van der Waals surface area contributed by atoms with Crippen molar-refractivity contribution >= 4 is 55.3 Å². The van der Waals surface area contributed by atoms with E-state index in [2.05, 4.69) is 266 Å². The van der Waals surface area contributed by atoms with Crippen LogP contribution >= 0.6 is 0 Å². The number of allylic oxidation sites excluding steroid dienone is 9. The molecule has 1 atom stereocenters. The van der Waals surface area contributed by atoms with Crippen molar-refractivity contribution in [3.05, 3.63) is 263 Å². The zero-order valence-electron chi connectivity index (χ0n) is 39.9. The Bertz CT molecular complexity index is 3470. The fraction of sp³-hybridized carbons (Fsp3) is 0.121. The van der Waals surface area contributed by atoms with Gasteiger partial charge in [0.05, 0.1) is 11.1 Å². The second kappa shape index (κ2) is 18.6. The molecule has 2 nitrogen and oxygen atoms in total. The molecule has 332 valence electrons. The van der Waals surface area contributed by atoms with Crippen molar-refractivity contribution in [3.63, 3.8) is 0 Å². The highest BCUT2D eigenvalue weighted by molar-refractivity contribution is 6.06. The molecule has 1 aliphatic rings. The second-order valence-electron chi connectivity index (χ2n) is 18.0. The van der Waals surface area contributed by atoms with E-state index in [1.165, 1.54) is 44.2 Å². The predicted octanol–water partition coefficient (Wildman–Crippen LogP) is 18.1. The molecule has 0 amide bonds. The molecule has 8 aromatic carbocycles. The highest BCUT2D eigenvalue weighted by Gasteiger charge is 2.41. The number of fused-ring (bicyclic) bond motifs is 5. The summed E-state index contributed by atoms with van der Waals surface area (Å²) in [5.41, 5.74) is 17.7. The minimum absolute atomic E-state index is 0.0383. The number of aryl methyl sites for hydroxylation is 1. The van der Waals surface area contributed by atoms with E-state index in [0.717, 1.165) is 66.8 Å². The molecule has 2 heteroatoms. The van der Waals surface area contributed by atoms with Gasteiger partial charge < -0.3 is 9.32 Å². The van der Waals surface area contributed by atoms with Gasteiger partial charge in [-0.05, 0) is 131 Å². The van der Waals surface area contributed by atoms with Gasteiger partial charge in [-0.1, -0.05) is 196 Å². The van der Waals surface area contributed by atoms with Gasteiger partial charge in [0.1, 0.15) is 11.2 Å². The van der Waals surface area contributed by atoms with Crippen LogP contribution in [-0.4, -0.2) is 0 Å². The van der Waals surface area contributed by atoms with E-state index in [0.29, 0.717) is 0 Å². The van der Waals surface area contributed by atoms with Crippen molar-refractivity contribution in [2.24, 2.45) is 0 Å². The Morgan fingerprint density at radius 3 is 1.97 bits per heavy atom. The molecule has 0 saturated heterocycles. The Balaban J connectivity index is 0.00000285. The molecule has 0 aliphatic heterocycles. The summed E-state index contributed by atoms with van der Waals surface area (Å²) in [5, 5.41) is 4.61. The summed E-state index contributed by atoms with van der Waals surface area (Å²) in [6.07, 6.45) is 20.8. The molecular formula is C66H57NO. The molecule has 0 saturated carbocycles. The van der Waals surface area contributed by atoms with Gasteiger partial charge in [-0.25, -0.2) is 0 Å². The zero-order valence-corrected chi connectivity index (χ0v) is 39.9. The van der Waals surface area contributed by atoms with Crippen molar-refractivity contribution in [2.75, 3.05) is 4.90 Å². The lowest BCUT2D eigenvalue weighted by atomic mass is 9.63. The maximum Gasteiger partial charge on any atom is 0.138 e. The van der Waals surface area contributed by atoms with Crippen LogP contribution in [0, 0.1) is 19.8 Å². The molecule has 1 aromatic heterocycles. The lowest BCUT2D eigenvalue weighted by Gasteiger charge is -2.39. The minimum Gasteiger partial charge on any atom is -0.456 e. The number of anilines is 3. The number of furan rings is 1. The second-order valence-corrected chi connectivity index (χ2v) is 18.0. The number of hydrogen-bond donors (Lipinski definition) is 0. The monoisotopic (exact) mass is 879 g/mol. The highest BCUT2D eigenvalue weighted by atomic mass is 16.3. The van der Waals surface area contributed by atoms with Crippen molar-refractivity contribution < 1.29 is 4.42 Å². The van der Waals surface area contributed by atoms with Crippen LogP contribution in [0.3, 0.4) is 0 Å². The van der Waals surface area contributed by atoms with E-state index in [9.17, 15) is 0 Å². The summed E-state index contributed by atoms with van der Waals surface area (Å²) in [6.45, 7) is 17.8. The number of rotatable bonds is 11. The molecule has 0 spiro atoms. The first-order valence-electron chi connectivity index (χ1n) is 23.4. The lowest BCUT2D eigenvalue weighted by Crippen LogP contribution is -2.32. The smallest absolute Gasteiger partial charge is 0.138 e. The molecule has 1 heterocycles. The number of para-hydroxylation sites is 1. The van der Waals surface area contributed by atoms with Gasteiger partial charge >= 0.3 is 0 Å². The molecule has 0 N–H and O–H groups in total. The molecule has 1 unspecified atom stereocenters. The predicted molar refractivity (Wildman–Crippen MR) is 292 cm³/mol. The maximum absolute atomic E-state index is 6.68. The van der Waals surface area contributed by atoms with Crippen LogP contribution < -0.4 is 4.90 Å². The molecule has 10 rings (SSSR count). The van der Waals surface area contributed by atoms with Crippen molar-refractivity contribution in [1.29, 1.82) is 0 Å². The zero-order chi connectivity index (χ0) is 47.6. The molecular weight excluding hydrogens is 823 g/mol. The highest BCUT2D eigenvalue weighted by Crippen LogP contribution is 2.51. The molecule has 0 bridgehead atoms. The lowest BCUT2D eigenvalue weighted by molar-refractivity contribution is 0.639. The molecule has 0 fully saturated rings. The summed E-state index contributed by atoms with van der Waals surface area (Å²) >= 11 is 0. The van der Waals surface area contributed by atoms with E-state index in [1.807, 2.05) is 12.1 Å². The largest absolute Gasteiger partial charge is 0.456 e. The van der Waals surface area contributed by atoms with Gasteiger partial charge in [-0.15, -0.1) is 12.8 Å². The average molecular weight is 880 g/mol. The van der Waals surface area contributed by atoms with Gasteiger partial charge in [0.25, 0.3) is 0 Å². The fourth-order valence-corrected chi connectivity index (χ4v) is 10.6. The van der Waals surface area contributed by atoms with Crippen molar-refractivity contribution in [2.45, 2.75) is 52.4 Å². The number of nitrogens with zero attached hydrogens (tertiary/aromatic N) is 1. The average Bonchev–Trinajstić information content (AvgIpc) is 3.86. The summed E-state index contributed by atoms with van der Waals surface area (Å²) in [4.78, 5) is 2.40. The summed E-state index contributed by atoms with van der Waals surface area (Å²) < 4.78 is 6.68. The Morgan fingerprint density at radius 2 is 1.26 bits per heavy atom. The van der Waals surface area contributed by atoms with Crippen LogP contribution in [0.2, 0.25) is 0 Å². The van der Waals surface area contributed by atoms with E-state index in [1.54, 1.807) is 0 Å². The molecule has 1 aliphatic carbocycles. The quantitative estimate of drug-likeness (QED) is 0.0731. The summed E-state index contributed by atoms with van der Waals surface area (Å²) in [7, 11) is 0. The van der Waals surface area contributed by atoms with Gasteiger partial charge in [0.2, 0.25) is 0 Å². The number of benzene rings is 8. The van der Waals surface area contributed by atoms with Crippen molar-refractivity contribution in [3.8, 4) is 24.0 Å². The fourth-order valence-electron chi connectivity index (χ4n) is 10.6. The first kappa shape index (κ1) is 45.1. The van der Waals surface area contributed by atoms with Crippen LogP contribution in [0.25, 0.3) is 49.4 Å². The topological polar surface area (TPSA) is 16.4 Å². The summed E-state index contributed by atoms with van der Waals surface area (Å²) in [6, 6.07) is 64.3. The summed E-state index contributed by atoms with van der Waals surface area (Å²) in [5.74, 6) is 0. The van der Waals surface area contributed by atoms with Gasteiger partial charge in [0.15, 0.2) is 0 Å². The first-order chi connectivity index (χ1) is 33.2. The SMILES string of the molecule is C#C.C=C/C(=C\C=C/C)C(c1ccccc1)(c1ccc(N(c2ccc(-c3ccc4c(c3)C(C)(C)C(C)=C4/C=C\C)cc2)c2cccc3ccccc23)cc1)c1ccc2c(oc3ccccc32)c1C. The minimum atomic E-state index is -0.740. The van der Waals surface area contributed by atoms with Crippen molar-refractivity contribution in [1.82, 2.24) is 0 Å². The first-order valence-corrected chi connectivity index (χ1v) is 23.4. The molecule has 9 aromatic rings. The molecule has 0 radical (unpaired) electrons. The Labute approximate surface area is 402 Å². The van der Waals surface area contributed by atoms with Crippen LogP contribution in [0.4, 0.5) is 17.1 Å². The van der Waals surface area contributed by atoms with Gasteiger partial charge in [0, 0.05) is 32.9 Å². The third kappa shape index (κ3) is 7.42. The van der Waals surface area contributed by atoms with Crippen LogP contribution in [0.5, 0.6) is 0 Å². The maximum atomic E-state index is 6.68. The van der Waals surface area contributed by atoms with Gasteiger partial charge in [-0.3, -0.25) is 0 Å². The molecule has 68 heavy (non-hydrogen) atoms. The third-order valence-corrected chi connectivity index (χ3v) is 14.2. The normalized spacial score (nSPS) is 14.3. The standard InChI is InChI=1S/C64H55NO.C2H2/c1-8-11-23-48(10-3)64(49-24-13-12-14-25-49,58-41-40-57-56-27-17-18-29-61(56)66-62(57)43(58)4)50-33-37-52(38-34-50)65(60-28-19-22-46-21-15-16-26-54(46)60)51-35-30-45(31-36-51)47-32-39-55-53(20-9-2)44(5)63(6,7)59(55)42-47;1-2/h8-42H,3H2,1-2,4-7H3;1-2H/b11-8-,20-9-,48-23+;. The Morgan fingerprint density at radius 1 is 0.632 bits per heavy atom. The Kier molecular flexibility index (Phi) is 12.3. The van der Waals surface area contributed by atoms with Crippen LogP contribution in [0.15, 0.2) is 235 Å². The van der Waals surface area contributed by atoms with E-state index >= 15 is 0 Å². The van der Waals surface area contributed by atoms with Crippen LogP contribution in [0.1, 0.15) is 68.0 Å². The number of hydrogen-bond acceptors (Lipinski definition) is 2.